The summed E-state index contributed by atoms with van der Waals surface area (Å²) in [5.41, 5.74) is 0. The molecule has 0 unspecified atom stereocenters. The highest BCUT2D eigenvalue weighted by Gasteiger charge is 2.27. The molecule has 0 aliphatic carbocycles. The van der Waals surface area contributed by atoms with Crippen molar-refractivity contribution in [1.82, 2.24) is 9.80 Å². The minimum atomic E-state index is -3.00. The number of likely N-dealkylation sites (tertiary alicyclic amines) is 1. The number of piperidine rings is 1. The van der Waals surface area contributed by atoms with Crippen LogP contribution in [-0.4, -0.2) is 68.4 Å². The van der Waals surface area contributed by atoms with E-state index in [1.165, 1.54) is 12.7 Å². The summed E-state index contributed by atoms with van der Waals surface area (Å²) in [6.07, 6.45) is 2.41. The predicted molar refractivity (Wildman–Crippen MR) is 85.9 cm³/mol. The first-order valence-corrected chi connectivity index (χ1v) is 9.84. The van der Waals surface area contributed by atoms with Crippen LogP contribution in [0.3, 0.4) is 0 Å². The first-order valence-electron chi connectivity index (χ1n) is 7.78. The average Bonchev–Trinajstić information content (AvgIpc) is 2.31. The van der Waals surface area contributed by atoms with Gasteiger partial charge in [0.1, 0.15) is 9.84 Å². The number of nitrogens with zero attached hydrogens (tertiary/aromatic N) is 2. The first-order chi connectivity index (χ1) is 9.58. The zero-order valence-corrected chi connectivity index (χ0v) is 14.8. The van der Waals surface area contributed by atoms with E-state index in [1.54, 1.807) is 0 Å². The van der Waals surface area contributed by atoms with Crippen LogP contribution in [0, 0.1) is 11.8 Å². The van der Waals surface area contributed by atoms with Crippen LogP contribution in [0.5, 0.6) is 0 Å². The van der Waals surface area contributed by atoms with Gasteiger partial charge < -0.3 is 4.90 Å². The molecule has 0 N–H and O–H groups in total. The minimum absolute atomic E-state index is 0.102. The third-order valence-corrected chi connectivity index (χ3v) is 4.96. The van der Waals surface area contributed by atoms with Crippen molar-refractivity contribution in [3.8, 4) is 0 Å². The maximum atomic E-state index is 12.5. The fraction of sp³-hybridized carbons (Fsp3) is 0.933. The molecule has 6 heteroatoms. The summed E-state index contributed by atoms with van der Waals surface area (Å²) < 4.78 is 22.6. The Kier molecular flexibility index (Phi) is 6.66. The molecule has 0 radical (unpaired) electrons. The molecule has 0 bridgehead atoms. The summed E-state index contributed by atoms with van der Waals surface area (Å²) in [4.78, 5) is 16.4. The average molecular weight is 318 g/mol. The van der Waals surface area contributed by atoms with Crippen LogP contribution in [0.1, 0.15) is 34.1 Å². The summed E-state index contributed by atoms with van der Waals surface area (Å²) in [6, 6.07) is 0.162. The third kappa shape index (κ3) is 6.78. The largest absolute Gasteiger partial charge is 0.341 e. The van der Waals surface area contributed by atoms with Crippen molar-refractivity contribution in [2.75, 3.05) is 38.2 Å². The van der Waals surface area contributed by atoms with Crippen LogP contribution in [0.15, 0.2) is 0 Å². The van der Waals surface area contributed by atoms with Crippen molar-refractivity contribution in [2.24, 2.45) is 11.8 Å². The molecule has 1 heterocycles. The van der Waals surface area contributed by atoms with Gasteiger partial charge in [-0.3, -0.25) is 9.69 Å². The van der Waals surface area contributed by atoms with E-state index < -0.39 is 9.84 Å². The van der Waals surface area contributed by atoms with E-state index in [9.17, 15) is 13.2 Å². The number of amides is 1. The number of carbonyl (C=O) groups excluding carboxylic acids is 1. The number of sulfone groups is 1. The molecule has 1 saturated heterocycles. The van der Waals surface area contributed by atoms with E-state index in [4.69, 9.17) is 0 Å². The van der Waals surface area contributed by atoms with Crippen LogP contribution in [0.4, 0.5) is 0 Å². The van der Waals surface area contributed by atoms with Gasteiger partial charge in [0.05, 0.1) is 12.3 Å². The minimum Gasteiger partial charge on any atom is -0.341 e. The van der Waals surface area contributed by atoms with Gasteiger partial charge in [0, 0.05) is 31.9 Å². The molecule has 124 valence electrons. The zero-order chi connectivity index (χ0) is 16.2. The summed E-state index contributed by atoms with van der Waals surface area (Å²) in [6.45, 7) is 10.7. The molecule has 0 aromatic carbocycles. The SMILES string of the molecule is CC(C)N(CCS(C)(=O)=O)CC(=O)N1C[C@H](C)C[C@H](C)C1. The fourth-order valence-corrected chi connectivity index (χ4v) is 3.51. The number of rotatable bonds is 6. The van der Waals surface area contributed by atoms with Crippen molar-refractivity contribution >= 4 is 15.7 Å². The van der Waals surface area contributed by atoms with Gasteiger partial charge in [-0.1, -0.05) is 13.8 Å². The lowest BCUT2D eigenvalue weighted by Crippen LogP contribution is -2.48. The topological polar surface area (TPSA) is 57.7 Å². The summed E-state index contributed by atoms with van der Waals surface area (Å²) in [5.74, 6) is 1.31. The normalized spacial score (nSPS) is 23.9. The Labute approximate surface area is 129 Å². The van der Waals surface area contributed by atoms with Gasteiger partial charge >= 0.3 is 0 Å². The number of hydrogen-bond acceptors (Lipinski definition) is 4. The maximum Gasteiger partial charge on any atom is 0.236 e. The summed E-state index contributed by atoms with van der Waals surface area (Å²) in [7, 11) is -3.00. The fourth-order valence-electron chi connectivity index (χ4n) is 2.94. The molecule has 2 atom stereocenters. The van der Waals surface area contributed by atoms with Gasteiger partial charge in [-0.2, -0.15) is 0 Å². The molecule has 0 saturated carbocycles. The standard InChI is InChI=1S/C15H30N2O3S/c1-12(2)16(6-7-21(5,19)20)11-15(18)17-9-13(3)8-14(4)10-17/h12-14H,6-11H2,1-5H3/t13-,14+. The lowest BCUT2D eigenvalue weighted by molar-refractivity contribution is -0.135. The molecule has 0 aromatic rings. The van der Waals surface area contributed by atoms with E-state index in [0.717, 1.165) is 13.1 Å². The van der Waals surface area contributed by atoms with Gasteiger partial charge in [0.2, 0.25) is 5.91 Å². The molecule has 1 fully saturated rings. The van der Waals surface area contributed by atoms with E-state index in [-0.39, 0.29) is 17.7 Å². The molecule has 0 aromatic heterocycles. The molecule has 1 aliphatic heterocycles. The van der Waals surface area contributed by atoms with Crippen LogP contribution < -0.4 is 0 Å². The zero-order valence-electron chi connectivity index (χ0n) is 14.0. The molecular formula is C15H30N2O3S. The Bertz CT molecular complexity index is 438. The number of carbonyl (C=O) groups is 1. The van der Waals surface area contributed by atoms with Crippen molar-refractivity contribution in [3.05, 3.63) is 0 Å². The van der Waals surface area contributed by atoms with Gasteiger partial charge in [-0.05, 0) is 32.1 Å². The molecular weight excluding hydrogens is 288 g/mol. The van der Waals surface area contributed by atoms with Gasteiger partial charge in [-0.25, -0.2) is 8.42 Å². The highest BCUT2D eigenvalue weighted by atomic mass is 32.2. The molecule has 21 heavy (non-hydrogen) atoms. The van der Waals surface area contributed by atoms with Crippen LogP contribution in [0.2, 0.25) is 0 Å². The number of hydrogen-bond donors (Lipinski definition) is 0. The van der Waals surface area contributed by atoms with E-state index in [0.29, 0.717) is 24.9 Å². The maximum absolute atomic E-state index is 12.5. The Morgan fingerprint density at radius 3 is 2.19 bits per heavy atom. The second-order valence-corrected chi connectivity index (χ2v) is 9.20. The highest BCUT2D eigenvalue weighted by Crippen LogP contribution is 2.21. The van der Waals surface area contributed by atoms with Gasteiger partial charge in [0.25, 0.3) is 0 Å². The Morgan fingerprint density at radius 1 is 1.24 bits per heavy atom. The summed E-state index contributed by atoms with van der Waals surface area (Å²) in [5, 5.41) is 0. The predicted octanol–water partition coefficient (Wildman–Crippen LogP) is 1.25. The van der Waals surface area contributed by atoms with Crippen molar-refractivity contribution in [1.29, 1.82) is 0 Å². The monoisotopic (exact) mass is 318 g/mol. The molecule has 0 spiro atoms. The van der Waals surface area contributed by atoms with Crippen molar-refractivity contribution in [2.45, 2.75) is 40.2 Å². The molecule has 1 amide bonds. The third-order valence-electron chi connectivity index (χ3n) is 4.04. The second kappa shape index (κ2) is 7.58. The Hall–Kier alpha value is -0.620. The smallest absolute Gasteiger partial charge is 0.236 e. The van der Waals surface area contributed by atoms with Gasteiger partial charge in [0.15, 0.2) is 0 Å². The first kappa shape index (κ1) is 18.4. The molecule has 1 rings (SSSR count). The molecule has 1 aliphatic rings. The lowest BCUT2D eigenvalue weighted by atomic mass is 9.92. The highest BCUT2D eigenvalue weighted by molar-refractivity contribution is 7.90. The van der Waals surface area contributed by atoms with Crippen LogP contribution >= 0.6 is 0 Å². The van der Waals surface area contributed by atoms with Crippen molar-refractivity contribution in [3.63, 3.8) is 0 Å². The molecule has 5 nitrogen and oxygen atoms in total. The quantitative estimate of drug-likeness (QED) is 0.739. The Morgan fingerprint density at radius 2 is 1.76 bits per heavy atom. The lowest BCUT2D eigenvalue weighted by Gasteiger charge is -2.37. The van der Waals surface area contributed by atoms with E-state index >= 15 is 0 Å². The van der Waals surface area contributed by atoms with Crippen LogP contribution in [-0.2, 0) is 14.6 Å². The van der Waals surface area contributed by atoms with Crippen molar-refractivity contribution < 1.29 is 13.2 Å². The van der Waals surface area contributed by atoms with Gasteiger partial charge in [-0.15, -0.1) is 0 Å². The Balaban J connectivity index is 2.59. The second-order valence-electron chi connectivity index (χ2n) is 6.94. The van der Waals surface area contributed by atoms with Crippen LogP contribution in [0.25, 0.3) is 0 Å². The van der Waals surface area contributed by atoms with E-state index in [2.05, 4.69) is 13.8 Å². The van der Waals surface area contributed by atoms with E-state index in [1.807, 2.05) is 23.6 Å². The summed E-state index contributed by atoms with van der Waals surface area (Å²) >= 11 is 0.